The van der Waals surface area contributed by atoms with Crippen LogP contribution in [0.4, 0.5) is 4.39 Å². The van der Waals surface area contributed by atoms with Gasteiger partial charge in [0.05, 0.1) is 0 Å². The van der Waals surface area contributed by atoms with E-state index < -0.39 is 20.9 Å². The van der Waals surface area contributed by atoms with Crippen molar-refractivity contribution in [1.29, 1.82) is 0 Å². The minimum atomic E-state index is -4.64. The van der Waals surface area contributed by atoms with Gasteiger partial charge in [-0.1, -0.05) is 12.1 Å². The predicted molar refractivity (Wildman–Crippen MR) is 50.2 cm³/mol. The molecule has 0 radical (unpaired) electrons. The van der Waals surface area contributed by atoms with Gasteiger partial charge in [0.1, 0.15) is 5.82 Å². The molecule has 2 rings (SSSR count). The topological polar surface area (TPSA) is 74.6 Å². The number of fused-ring (bicyclic) bond motifs is 1. The average molecular weight is 232 g/mol. The van der Waals surface area contributed by atoms with Gasteiger partial charge in [0.15, 0.2) is 0 Å². The van der Waals surface area contributed by atoms with E-state index in [1.807, 2.05) is 0 Å². The van der Waals surface area contributed by atoms with Crippen molar-refractivity contribution in [3.8, 4) is 0 Å². The molecule has 0 amide bonds. The van der Waals surface area contributed by atoms with Crippen molar-refractivity contribution in [3.05, 3.63) is 35.1 Å². The van der Waals surface area contributed by atoms with Crippen molar-refractivity contribution in [3.63, 3.8) is 0 Å². The lowest BCUT2D eigenvalue weighted by molar-refractivity contribution is 0.114. The maximum absolute atomic E-state index is 13.2. The first-order valence-corrected chi connectivity index (χ1v) is 5.77. The van der Waals surface area contributed by atoms with Gasteiger partial charge >= 0.3 is 0 Å². The van der Waals surface area contributed by atoms with Gasteiger partial charge in [0.2, 0.25) is 4.93 Å². The highest BCUT2D eigenvalue weighted by molar-refractivity contribution is 7.86. The minimum absolute atomic E-state index is 0.0648. The average Bonchev–Trinajstić information content (AvgIpc) is 2.46. The fourth-order valence-electron chi connectivity index (χ4n) is 1.88. The Labute approximate surface area is 86.1 Å². The van der Waals surface area contributed by atoms with E-state index in [-0.39, 0.29) is 24.0 Å². The predicted octanol–water partition coefficient (Wildman–Crippen LogP) is 0.805. The molecule has 0 fully saturated rings. The zero-order valence-corrected chi connectivity index (χ0v) is 8.46. The van der Waals surface area contributed by atoms with Gasteiger partial charge in [-0.05, 0) is 18.1 Å². The van der Waals surface area contributed by atoms with Crippen molar-refractivity contribution in [2.24, 2.45) is 0 Å². The second-order valence-corrected chi connectivity index (χ2v) is 5.15. The zero-order chi connectivity index (χ0) is 11.3. The Morgan fingerprint density at radius 2 is 2.07 bits per heavy atom. The van der Waals surface area contributed by atoms with Crippen LogP contribution in [0.5, 0.6) is 0 Å². The summed E-state index contributed by atoms with van der Waals surface area (Å²) in [6.45, 7) is 0. The van der Waals surface area contributed by atoms with E-state index in [1.54, 1.807) is 0 Å². The second kappa shape index (κ2) is 3.01. The Bertz CT molecular complexity index is 511. The Hall–Kier alpha value is -0.980. The van der Waals surface area contributed by atoms with E-state index >= 15 is 0 Å². The largest absolute Gasteiger partial charge is 0.369 e. The van der Waals surface area contributed by atoms with Crippen molar-refractivity contribution >= 4 is 10.1 Å². The van der Waals surface area contributed by atoms with Gasteiger partial charge in [0, 0.05) is 12.0 Å². The monoisotopic (exact) mass is 232 g/mol. The van der Waals surface area contributed by atoms with Crippen LogP contribution in [0.1, 0.15) is 17.5 Å². The molecule has 6 heteroatoms. The van der Waals surface area contributed by atoms with E-state index in [0.29, 0.717) is 0 Å². The number of hydrogen-bond acceptors (Lipinski definition) is 3. The smallest absolute Gasteiger partial charge is 0.299 e. The van der Waals surface area contributed by atoms with Crippen LogP contribution < -0.4 is 0 Å². The van der Waals surface area contributed by atoms with Gasteiger partial charge in [-0.25, -0.2) is 4.39 Å². The molecular weight excluding hydrogens is 223 g/mol. The molecule has 82 valence electrons. The van der Waals surface area contributed by atoms with Gasteiger partial charge in [-0.2, -0.15) is 8.42 Å². The molecule has 0 bridgehead atoms. The van der Waals surface area contributed by atoms with Crippen LogP contribution in [0.15, 0.2) is 18.2 Å². The minimum Gasteiger partial charge on any atom is -0.369 e. The summed E-state index contributed by atoms with van der Waals surface area (Å²) in [5.74, 6) is -0.563. The summed E-state index contributed by atoms with van der Waals surface area (Å²) < 4.78 is 44.2. The van der Waals surface area contributed by atoms with E-state index in [1.165, 1.54) is 18.2 Å². The molecule has 1 aromatic rings. The van der Waals surface area contributed by atoms with Crippen LogP contribution in [0.25, 0.3) is 0 Å². The maximum Gasteiger partial charge on any atom is 0.299 e. The lowest BCUT2D eigenvalue weighted by Crippen LogP contribution is -2.32. The molecule has 2 N–H and O–H groups in total. The molecule has 1 aliphatic carbocycles. The third kappa shape index (κ3) is 1.37. The van der Waals surface area contributed by atoms with Crippen LogP contribution in [-0.4, -0.2) is 18.1 Å². The summed E-state index contributed by atoms with van der Waals surface area (Å²) in [7, 11) is -4.64. The van der Waals surface area contributed by atoms with E-state index in [9.17, 15) is 17.9 Å². The lowest BCUT2D eigenvalue weighted by Gasteiger charge is -2.19. The standard InChI is InChI=1S/C9H9FO4S/c10-8-3-1-2-7-6(8)4-5-9(7,11)15(12,13)14/h1-3,11H,4-5H2,(H,12,13,14). The third-order valence-electron chi connectivity index (χ3n) is 2.68. The lowest BCUT2D eigenvalue weighted by atomic mass is 10.1. The Morgan fingerprint density at radius 1 is 1.40 bits per heavy atom. The van der Waals surface area contributed by atoms with Gasteiger partial charge in [-0.15, -0.1) is 0 Å². The molecule has 0 saturated heterocycles. The molecule has 0 heterocycles. The first-order chi connectivity index (χ1) is 6.86. The van der Waals surface area contributed by atoms with Crippen LogP contribution in [0.3, 0.4) is 0 Å². The molecule has 0 aliphatic heterocycles. The fourth-order valence-corrected chi connectivity index (χ4v) is 2.70. The van der Waals surface area contributed by atoms with Crippen LogP contribution in [0, 0.1) is 5.82 Å². The molecule has 0 spiro atoms. The van der Waals surface area contributed by atoms with Crippen LogP contribution in [-0.2, 0) is 21.5 Å². The normalized spacial score (nSPS) is 25.3. The van der Waals surface area contributed by atoms with Crippen LogP contribution in [0.2, 0.25) is 0 Å². The third-order valence-corrected chi connectivity index (χ3v) is 3.96. The number of rotatable bonds is 1. The Balaban J connectivity index is 2.69. The van der Waals surface area contributed by atoms with Gasteiger partial charge in [-0.3, -0.25) is 4.55 Å². The van der Waals surface area contributed by atoms with Gasteiger partial charge < -0.3 is 5.11 Å². The van der Waals surface area contributed by atoms with Crippen molar-refractivity contribution < 1.29 is 22.5 Å². The van der Waals surface area contributed by atoms with E-state index in [4.69, 9.17) is 4.55 Å². The molecule has 15 heavy (non-hydrogen) atoms. The molecule has 0 aromatic heterocycles. The quantitative estimate of drug-likeness (QED) is 0.702. The van der Waals surface area contributed by atoms with Crippen LogP contribution >= 0.6 is 0 Å². The van der Waals surface area contributed by atoms with Crippen molar-refractivity contribution in [1.82, 2.24) is 0 Å². The number of halogens is 1. The molecular formula is C9H9FO4S. The Kier molecular flexibility index (Phi) is 2.11. The summed E-state index contributed by atoms with van der Waals surface area (Å²) in [6.07, 6.45) is -0.125. The summed E-state index contributed by atoms with van der Waals surface area (Å²) in [4.78, 5) is -2.36. The highest BCUT2D eigenvalue weighted by atomic mass is 32.2. The van der Waals surface area contributed by atoms with E-state index in [0.717, 1.165) is 0 Å². The SMILES string of the molecule is O=S(=O)(O)C1(O)CCc2c(F)cccc21. The van der Waals surface area contributed by atoms with E-state index in [2.05, 4.69) is 0 Å². The molecule has 0 saturated carbocycles. The second-order valence-electron chi connectivity index (χ2n) is 3.53. The van der Waals surface area contributed by atoms with Gasteiger partial charge in [0.25, 0.3) is 10.1 Å². The first-order valence-electron chi connectivity index (χ1n) is 4.33. The summed E-state index contributed by atoms with van der Waals surface area (Å²) >= 11 is 0. The number of benzene rings is 1. The highest BCUT2D eigenvalue weighted by Crippen LogP contribution is 2.41. The van der Waals surface area contributed by atoms with Crippen molar-refractivity contribution in [2.75, 3.05) is 0 Å². The molecule has 1 atom stereocenters. The molecule has 1 unspecified atom stereocenters. The highest BCUT2D eigenvalue weighted by Gasteiger charge is 2.48. The zero-order valence-electron chi connectivity index (χ0n) is 7.64. The molecule has 1 aromatic carbocycles. The molecule has 1 aliphatic rings. The van der Waals surface area contributed by atoms with Crippen molar-refractivity contribution in [2.45, 2.75) is 17.8 Å². The number of hydrogen-bond donors (Lipinski definition) is 2. The number of aliphatic hydroxyl groups is 1. The summed E-state index contributed by atoms with van der Waals surface area (Å²) in [5.41, 5.74) is 0.0858. The Morgan fingerprint density at radius 3 is 2.67 bits per heavy atom. The summed E-state index contributed by atoms with van der Waals surface area (Å²) in [5, 5.41) is 9.80. The first kappa shape index (κ1) is 10.5. The summed E-state index contributed by atoms with van der Waals surface area (Å²) in [6, 6.07) is 3.80. The molecule has 4 nitrogen and oxygen atoms in total. The maximum atomic E-state index is 13.2. The fraction of sp³-hybridized carbons (Fsp3) is 0.333.